The van der Waals surface area contributed by atoms with Gasteiger partial charge in [-0.3, -0.25) is 9.79 Å². The second-order valence-electron chi connectivity index (χ2n) is 7.64. The molecule has 3 N–H and O–H groups in total. The molecule has 0 radical (unpaired) electrons. The van der Waals surface area contributed by atoms with Crippen molar-refractivity contribution in [3.05, 3.63) is 47.7 Å². The van der Waals surface area contributed by atoms with Crippen molar-refractivity contribution >= 4 is 17.6 Å². The number of hydrogen-bond acceptors (Lipinski definition) is 4. The third-order valence-corrected chi connectivity index (χ3v) is 4.10. The third-order valence-electron chi connectivity index (χ3n) is 4.10. The fraction of sp³-hybridized carbons (Fsp3) is 0.476. The molecule has 0 unspecified atom stereocenters. The Morgan fingerprint density at radius 3 is 2.39 bits per heavy atom. The number of hydrogen-bond donors (Lipinski definition) is 3. The number of anilines is 1. The van der Waals surface area contributed by atoms with E-state index < -0.39 is 0 Å². The van der Waals surface area contributed by atoms with Crippen LogP contribution in [0.1, 0.15) is 57.8 Å². The second-order valence-corrected chi connectivity index (χ2v) is 7.64. The van der Waals surface area contributed by atoms with Gasteiger partial charge in [-0.15, -0.1) is 0 Å². The molecule has 0 spiro atoms. The van der Waals surface area contributed by atoms with Gasteiger partial charge in [0.1, 0.15) is 5.76 Å². The lowest BCUT2D eigenvalue weighted by Crippen LogP contribution is -2.36. The highest BCUT2D eigenvalue weighted by molar-refractivity contribution is 5.90. The standard InChI is InChI=1S/C21H31N5O2/c1-6-7-18(27)26-16-10-8-15(9-11-16)12-24-20(22-5)25-14-19-23-13-17(28-19)21(2,3)4/h8-11,13H,6-7,12,14H2,1-5H3,(H,26,27)(H2,22,24,25). The van der Waals surface area contributed by atoms with Gasteiger partial charge in [0.25, 0.3) is 0 Å². The van der Waals surface area contributed by atoms with Crippen LogP contribution in [-0.2, 0) is 23.3 Å². The van der Waals surface area contributed by atoms with Crippen LogP contribution in [0.25, 0.3) is 0 Å². The van der Waals surface area contributed by atoms with Crippen molar-refractivity contribution in [3.8, 4) is 0 Å². The van der Waals surface area contributed by atoms with Crippen LogP contribution in [-0.4, -0.2) is 23.9 Å². The topological polar surface area (TPSA) is 91.5 Å². The molecule has 1 aromatic heterocycles. The summed E-state index contributed by atoms with van der Waals surface area (Å²) in [6, 6.07) is 7.76. The van der Waals surface area contributed by atoms with Crippen LogP contribution in [0, 0.1) is 0 Å². The number of benzene rings is 1. The van der Waals surface area contributed by atoms with E-state index in [1.807, 2.05) is 31.2 Å². The summed E-state index contributed by atoms with van der Waals surface area (Å²) >= 11 is 0. The highest BCUT2D eigenvalue weighted by Gasteiger charge is 2.19. The Kier molecular flexibility index (Phi) is 7.61. The predicted molar refractivity (Wildman–Crippen MR) is 112 cm³/mol. The average Bonchev–Trinajstić information content (AvgIpc) is 3.13. The van der Waals surface area contributed by atoms with Crippen LogP contribution in [0.15, 0.2) is 39.9 Å². The van der Waals surface area contributed by atoms with Gasteiger partial charge in [0.15, 0.2) is 5.96 Å². The first-order chi connectivity index (χ1) is 13.3. The molecule has 0 aliphatic rings. The van der Waals surface area contributed by atoms with Crippen molar-refractivity contribution in [1.29, 1.82) is 0 Å². The monoisotopic (exact) mass is 385 g/mol. The van der Waals surface area contributed by atoms with Gasteiger partial charge in [-0.1, -0.05) is 39.8 Å². The van der Waals surface area contributed by atoms with Crippen LogP contribution >= 0.6 is 0 Å². The second kappa shape index (κ2) is 9.92. The van der Waals surface area contributed by atoms with E-state index >= 15 is 0 Å². The lowest BCUT2D eigenvalue weighted by atomic mass is 9.94. The first-order valence-electron chi connectivity index (χ1n) is 9.60. The van der Waals surface area contributed by atoms with Crippen molar-refractivity contribution < 1.29 is 9.21 Å². The van der Waals surface area contributed by atoms with Crippen LogP contribution in [0.4, 0.5) is 5.69 Å². The first-order valence-corrected chi connectivity index (χ1v) is 9.60. The van der Waals surface area contributed by atoms with Gasteiger partial charge in [0, 0.05) is 31.1 Å². The predicted octanol–water partition coefficient (Wildman–Crippen LogP) is 3.58. The van der Waals surface area contributed by atoms with E-state index in [0.717, 1.165) is 23.4 Å². The fourth-order valence-corrected chi connectivity index (χ4v) is 2.46. The van der Waals surface area contributed by atoms with E-state index in [9.17, 15) is 4.79 Å². The minimum atomic E-state index is -0.0622. The van der Waals surface area contributed by atoms with Crippen molar-refractivity contribution in [2.45, 2.75) is 59.0 Å². The quantitative estimate of drug-likeness (QED) is 0.500. The molecule has 2 rings (SSSR count). The molecule has 2 aromatic rings. The van der Waals surface area contributed by atoms with Crippen LogP contribution in [0.2, 0.25) is 0 Å². The molecule has 0 fully saturated rings. The van der Waals surface area contributed by atoms with E-state index in [1.54, 1.807) is 13.2 Å². The number of rotatable bonds is 7. The first kappa shape index (κ1) is 21.5. The van der Waals surface area contributed by atoms with E-state index in [4.69, 9.17) is 4.42 Å². The summed E-state index contributed by atoms with van der Waals surface area (Å²) in [5.74, 6) is 2.19. The van der Waals surface area contributed by atoms with E-state index in [2.05, 4.69) is 46.7 Å². The Hall–Kier alpha value is -2.83. The molecule has 1 heterocycles. The maximum atomic E-state index is 11.6. The number of guanidine groups is 1. The van der Waals surface area contributed by atoms with Crippen molar-refractivity contribution in [2.24, 2.45) is 4.99 Å². The Balaban J connectivity index is 1.82. The Bertz CT molecular complexity index is 788. The molecule has 0 aliphatic carbocycles. The highest BCUT2D eigenvalue weighted by atomic mass is 16.4. The number of nitrogens with zero attached hydrogens (tertiary/aromatic N) is 2. The van der Waals surface area contributed by atoms with Gasteiger partial charge < -0.3 is 20.4 Å². The maximum absolute atomic E-state index is 11.6. The zero-order valence-corrected chi connectivity index (χ0v) is 17.4. The lowest BCUT2D eigenvalue weighted by Gasteiger charge is -2.13. The molecule has 0 saturated carbocycles. The van der Waals surface area contributed by atoms with Gasteiger partial charge >= 0.3 is 0 Å². The van der Waals surface area contributed by atoms with Gasteiger partial charge in [0.2, 0.25) is 11.8 Å². The number of aromatic nitrogens is 1. The molecule has 0 aliphatic heterocycles. The van der Waals surface area contributed by atoms with Crippen molar-refractivity contribution in [1.82, 2.24) is 15.6 Å². The van der Waals surface area contributed by atoms with E-state index in [0.29, 0.717) is 31.4 Å². The Morgan fingerprint density at radius 2 is 1.82 bits per heavy atom. The van der Waals surface area contributed by atoms with Gasteiger partial charge in [-0.2, -0.15) is 0 Å². The number of oxazole rings is 1. The maximum Gasteiger partial charge on any atom is 0.224 e. The van der Waals surface area contributed by atoms with E-state index in [1.165, 1.54) is 0 Å². The molecular formula is C21H31N5O2. The number of carbonyl (C=O) groups excluding carboxylic acids is 1. The molecular weight excluding hydrogens is 354 g/mol. The number of amides is 1. The number of carbonyl (C=O) groups is 1. The van der Waals surface area contributed by atoms with Gasteiger partial charge in [-0.05, 0) is 24.1 Å². The molecule has 28 heavy (non-hydrogen) atoms. The average molecular weight is 386 g/mol. The molecule has 7 heteroatoms. The normalized spacial score (nSPS) is 12.0. The SMILES string of the molecule is CCCC(=O)Nc1ccc(CNC(=NC)NCc2ncc(C(C)(C)C)o2)cc1. The zero-order chi connectivity index (χ0) is 20.6. The van der Waals surface area contributed by atoms with Crippen LogP contribution < -0.4 is 16.0 Å². The Morgan fingerprint density at radius 1 is 1.14 bits per heavy atom. The van der Waals surface area contributed by atoms with Gasteiger partial charge in [-0.25, -0.2) is 4.98 Å². The third kappa shape index (κ3) is 6.72. The number of nitrogens with one attached hydrogen (secondary N) is 3. The molecule has 0 atom stereocenters. The zero-order valence-electron chi connectivity index (χ0n) is 17.4. The molecule has 1 amide bonds. The lowest BCUT2D eigenvalue weighted by molar-refractivity contribution is -0.116. The highest BCUT2D eigenvalue weighted by Crippen LogP contribution is 2.22. The summed E-state index contributed by atoms with van der Waals surface area (Å²) in [5, 5.41) is 9.34. The summed E-state index contributed by atoms with van der Waals surface area (Å²) in [5.41, 5.74) is 1.83. The fourth-order valence-electron chi connectivity index (χ4n) is 2.46. The molecule has 7 nitrogen and oxygen atoms in total. The van der Waals surface area contributed by atoms with Crippen molar-refractivity contribution in [3.63, 3.8) is 0 Å². The molecule has 152 valence electrons. The van der Waals surface area contributed by atoms with Gasteiger partial charge in [0.05, 0.1) is 12.7 Å². The smallest absolute Gasteiger partial charge is 0.224 e. The summed E-state index contributed by atoms with van der Waals surface area (Å²) in [7, 11) is 1.72. The van der Waals surface area contributed by atoms with Crippen LogP contribution in [0.3, 0.4) is 0 Å². The summed E-state index contributed by atoms with van der Waals surface area (Å²) in [6.45, 7) is 9.32. The largest absolute Gasteiger partial charge is 0.443 e. The minimum absolute atomic E-state index is 0.0409. The summed E-state index contributed by atoms with van der Waals surface area (Å²) in [6.07, 6.45) is 3.14. The number of aliphatic imine (C=N–C) groups is 1. The van der Waals surface area contributed by atoms with Crippen molar-refractivity contribution in [2.75, 3.05) is 12.4 Å². The minimum Gasteiger partial charge on any atom is -0.443 e. The summed E-state index contributed by atoms with van der Waals surface area (Å²) in [4.78, 5) is 20.2. The molecule has 0 bridgehead atoms. The molecule has 1 aromatic carbocycles. The summed E-state index contributed by atoms with van der Waals surface area (Å²) < 4.78 is 5.78. The van der Waals surface area contributed by atoms with E-state index in [-0.39, 0.29) is 11.3 Å². The Labute approximate surface area is 167 Å². The molecule has 0 saturated heterocycles. The van der Waals surface area contributed by atoms with Crippen LogP contribution in [0.5, 0.6) is 0 Å².